The molecule has 0 spiro atoms. The lowest BCUT2D eigenvalue weighted by Gasteiger charge is -2.11. The van der Waals surface area contributed by atoms with Crippen LogP contribution in [0.1, 0.15) is 10.4 Å². The van der Waals surface area contributed by atoms with Crippen molar-refractivity contribution in [1.82, 2.24) is 0 Å². The Morgan fingerprint density at radius 1 is 1.05 bits per heavy atom. The van der Waals surface area contributed by atoms with Gasteiger partial charge in [-0.25, -0.2) is 0 Å². The molecule has 0 N–H and O–H groups in total. The second-order valence-electron chi connectivity index (χ2n) is 4.57. The Labute approximate surface area is 123 Å². The first-order valence-electron chi connectivity index (χ1n) is 6.36. The molecule has 0 saturated carbocycles. The standard InChI is InChI=1S/C17H17NOS/c1-18(2)15-8-5-14(6-9-15)7-10-16(19)11-12-17-4-3-13-20-17/h3-13H,1-2H3/b10-7+,12-11+. The normalized spacial score (nSPS) is 11.3. The Balaban J connectivity index is 1.96. The summed E-state index contributed by atoms with van der Waals surface area (Å²) in [4.78, 5) is 14.8. The largest absolute Gasteiger partial charge is 0.378 e. The van der Waals surface area contributed by atoms with Gasteiger partial charge < -0.3 is 4.90 Å². The average molecular weight is 283 g/mol. The number of allylic oxidation sites excluding steroid dienone is 2. The third kappa shape index (κ3) is 4.21. The minimum atomic E-state index is -0.00455. The lowest BCUT2D eigenvalue weighted by atomic mass is 10.1. The molecular weight excluding hydrogens is 266 g/mol. The average Bonchev–Trinajstić information content (AvgIpc) is 2.96. The van der Waals surface area contributed by atoms with Crippen molar-refractivity contribution in [2.75, 3.05) is 19.0 Å². The second kappa shape index (κ2) is 6.87. The fourth-order valence-corrected chi connectivity index (χ4v) is 2.29. The van der Waals surface area contributed by atoms with Gasteiger partial charge in [-0.1, -0.05) is 24.3 Å². The molecule has 20 heavy (non-hydrogen) atoms. The molecule has 0 saturated heterocycles. The van der Waals surface area contributed by atoms with Crippen molar-refractivity contribution in [3.63, 3.8) is 0 Å². The quantitative estimate of drug-likeness (QED) is 0.770. The van der Waals surface area contributed by atoms with Crippen LogP contribution in [0.15, 0.2) is 53.9 Å². The highest BCUT2D eigenvalue weighted by atomic mass is 32.1. The Morgan fingerprint density at radius 3 is 2.35 bits per heavy atom. The molecule has 3 heteroatoms. The first kappa shape index (κ1) is 14.3. The molecule has 2 aromatic rings. The third-order valence-corrected chi connectivity index (χ3v) is 3.64. The third-order valence-electron chi connectivity index (χ3n) is 2.80. The van der Waals surface area contributed by atoms with E-state index in [0.717, 1.165) is 16.1 Å². The van der Waals surface area contributed by atoms with Crippen LogP contribution in [0.5, 0.6) is 0 Å². The maximum Gasteiger partial charge on any atom is 0.178 e. The molecule has 1 aromatic heterocycles. The number of hydrogen-bond acceptors (Lipinski definition) is 3. The summed E-state index contributed by atoms with van der Waals surface area (Å²) >= 11 is 1.62. The number of thiophene rings is 1. The molecule has 102 valence electrons. The van der Waals surface area contributed by atoms with Gasteiger partial charge in [0.15, 0.2) is 5.78 Å². The predicted molar refractivity (Wildman–Crippen MR) is 88.2 cm³/mol. The zero-order valence-corrected chi connectivity index (χ0v) is 12.4. The Kier molecular flexibility index (Phi) is 4.91. The van der Waals surface area contributed by atoms with Crippen molar-refractivity contribution in [2.24, 2.45) is 0 Å². The second-order valence-corrected chi connectivity index (χ2v) is 5.55. The topological polar surface area (TPSA) is 20.3 Å². The summed E-state index contributed by atoms with van der Waals surface area (Å²) in [6.07, 6.45) is 6.86. The zero-order chi connectivity index (χ0) is 14.4. The molecule has 0 aliphatic rings. The van der Waals surface area contributed by atoms with E-state index in [1.165, 1.54) is 0 Å². The highest BCUT2D eigenvalue weighted by molar-refractivity contribution is 7.10. The fraction of sp³-hybridized carbons (Fsp3) is 0.118. The minimum Gasteiger partial charge on any atom is -0.378 e. The summed E-state index contributed by atoms with van der Waals surface area (Å²) in [6.45, 7) is 0. The molecule has 1 heterocycles. The van der Waals surface area contributed by atoms with E-state index in [9.17, 15) is 4.79 Å². The van der Waals surface area contributed by atoms with Crippen LogP contribution in [0, 0.1) is 0 Å². The summed E-state index contributed by atoms with van der Waals surface area (Å²) in [5.74, 6) is -0.00455. The monoisotopic (exact) mass is 283 g/mol. The first-order valence-corrected chi connectivity index (χ1v) is 7.24. The maximum absolute atomic E-state index is 11.7. The van der Waals surface area contributed by atoms with Crippen LogP contribution in [0.2, 0.25) is 0 Å². The number of carbonyl (C=O) groups is 1. The molecule has 0 bridgehead atoms. The molecule has 0 atom stereocenters. The van der Waals surface area contributed by atoms with Crippen molar-refractivity contribution in [3.8, 4) is 0 Å². The van der Waals surface area contributed by atoms with Crippen molar-refractivity contribution in [1.29, 1.82) is 0 Å². The lowest BCUT2D eigenvalue weighted by Crippen LogP contribution is -2.07. The van der Waals surface area contributed by atoms with Gasteiger partial charge >= 0.3 is 0 Å². The minimum absolute atomic E-state index is 0.00455. The van der Waals surface area contributed by atoms with Gasteiger partial charge in [0.05, 0.1) is 0 Å². The smallest absolute Gasteiger partial charge is 0.178 e. The summed E-state index contributed by atoms with van der Waals surface area (Å²) in [5, 5.41) is 1.99. The van der Waals surface area contributed by atoms with E-state index in [0.29, 0.717) is 0 Å². The number of carbonyl (C=O) groups excluding carboxylic acids is 1. The molecule has 0 amide bonds. The molecule has 2 nitrogen and oxygen atoms in total. The van der Waals surface area contributed by atoms with Gasteiger partial charge in [-0.05, 0) is 47.4 Å². The number of anilines is 1. The van der Waals surface area contributed by atoms with Crippen molar-refractivity contribution < 1.29 is 4.79 Å². The van der Waals surface area contributed by atoms with E-state index in [1.807, 2.05) is 72.9 Å². The molecule has 1 aromatic carbocycles. The van der Waals surface area contributed by atoms with Crippen LogP contribution in [0.3, 0.4) is 0 Å². The molecule has 0 radical (unpaired) electrons. The van der Waals surface area contributed by atoms with Gasteiger partial charge in [-0.3, -0.25) is 4.79 Å². The van der Waals surface area contributed by atoms with E-state index in [2.05, 4.69) is 0 Å². The first-order chi connectivity index (χ1) is 9.65. The van der Waals surface area contributed by atoms with Gasteiger partial charge in [-0.15, -0.1) is 11.3 Å². The highest BCUT2D eigenvalue weighted by Gasteiger charge is 1.95. The van der Waals surface area contributed by atoms with Crippen molar-refractivity contribution >= 4 is 35.0 Å². The van der Waals surface area contributed by atoms with Gasteiger partial charge in [0.1, 0.15) is 0 Å². The van der Waals surface area contributed by atoms with Gasteiger partial charge in [0, 0.05) is 24.7 Å². The Bertz CT molecular complexity index is 607. The highest BCUT2D eigenvalue weighted by Crippen LogP contribution is 2.13. The van der Waals surface area contributed by atoms with Crippen LogP contribution < -0.4 is 4.90 Å². The van der Waals surface area contributed by atoms with E-state index in [4.69, 9.17) is 0 Å². The molecule has 2 rings (SSSR count). The molecule has 0 fully saturated rings. The number of hydrogen-bond donors (Lipinski definition) is 0. The van der Waals surface area contributed by atoms with E-state index in [-0.39, 0.29) is 5.78 Å². The number of rotatable bonds is 5. The van der Waals surface area contributed by atoms with Crippen molar-refractivity contribution in [3.05, 3.63) is 64.4 Å². The van der Waals surface area contributed by atoms with Gasteiger partial charge in [-0.2, -0.15) is 0 Å². The SMILES string of the molecule is CN(C)c1ccc(/C=C/C(=O)/C=C/c2cccs2)cc1. The zero-order valence-electron chi connectivity index (χ0n) is 11.6. The molecule has 0 aliphatic carbocycles. The van der Waals surface area contributed by atoms with Gasteiger partial charge in [0.2, 0.25) is 0 Å². The summed E-state index contributed by atoms with van der Waals surface area (Å²) < 4.78 is 0. The van der Waals surface area contributed by atoms with E-state index < -0.39 is 0 Å². The Hall–Kier alpha value is -2.13. The van der Waals surface area contributed by atoms with Crippen LogP contribution in [0.4, 0.5) is 5.69 Å². The molecule has 0 unspecified atom stereocenters. The maximum atomic E-state index is 11.7. The predicted octanol–water partition coefficient (Wildman–Crippen LogP) is 4.11. The van der Waals surface area contributed by atoms with Crippen LogP contribution in [-0.2, 0) is 4.79 Å². The number of benzene rings is 1. The van der Waals surface area contributed by atoms with Gasteiger partial charge in [0.25, 0.3) is 0 Å². The van der Waals surface area contributed by atoms with E-state index >= 15 is 0 Å². The fourth-order valence-electron chi connectivity index (χ4n) is 1.67. The van der Waals surface area contributed by atoms with Crippen LogP contribution in [0.25, 0.3) is 12.2 Å². The van der Waals surface area contributed by atoms with E-state index in [1.54, 1.807) is 23.5 Å². The van der Waals surface area contributed by atoms with Crippen LogP contribution in [-0.4, -0.2) is 19.9 Å². The number of ketones is 1. The molecule has 0 aliphatic heterocycles. The van der Waals surface area contributed by atoms with Crippen molar-refractivity contribution in [2.45, 2.75) is 0 Å². The Morgan fingerprint density at radius 2 is 1.75 bits per heavy atom. The number of nitrogens with zero attached hydrogens (tertiary/aromatic N) is 1. The van der Waals surface area contributed by atoms with Crippen LogP contribution >= 0.6 is 11.3 Å². The molecular formula is C17H17NOS. The summed E-state index contributed by atoms with van der Waals surface area (Å²) in [6, 6.07) is 12.0. The summed E-state index contributed by atoms with van der Waals surface area (Å²) in [7, 11) is 4.01. The lowest BCUT2D eigenvalue weighted by molar-refractivity contribution is -0.110. The summed E-state index contributed by atoms with van der Waals surface area (Å²) in [5.41, 5.74) is 2.17.